The minimum Gasteiger partial charge on any atom is -0.329 e. The second-order valence-electron chi connectivity index (χ2n) is 9.82. The molecule has 0 fully saturated rings. The highest BCUT2D eigenvalue weighted by Gasteiger charge is 2.42. The zero-order valence-corrected chi connectivity index (χ0v) is 22.6. The third kappa shape index (κ3) is 8.81. The van der Waals surface area contributed by atoms with Gasteiger partial charge in [0.05, 0.1) is 4.90 Å². The van der Waals surface area contributed by atoms with Crippen molar-refractivity contribution in [2.45, 2.75) is 83.3 Å². The van der Waals surface area contributed by atoms with Crippen LogP contribution in [0.4, 0.5) is 0 Å². The summed E-state index contributed by atoms with van der Waals surface area (Å²) >= 11 is 0. The lowest BCUT2D eigenvalue weighted by Crippen LogP contribution is -2.49. The molecule has 178 valence electrons. The van der Waals surface area contributed by atoms with Gasteiger partial charge in [-0.2, -0.15) is 0 Å². The number of hydrogen-bond donors (Lipinski definition) is 0. The molecular weight excluding hydrogens is 424 g/mol. The maximum atomic E-state index is 13.5. The summed E-state index contributed by atoms with van der Waals surface area (Å²) in [6, 6.07) is 7.01. The lowest BCUT2D eigenvalue weighted by molar-refractivity contribution is 0.0155. The number of rotatable bonds is 14. The van der Waals surface area contributed by atoms with Gasteiger partial charge in [0, 0.05) is 13.1 Å². The average Bonchev–Trinajstić information content (AvgIpc) is 2.68. The first-order chi connectivity index (χ1) is 14.3. The van der Waals surface area contributed by atoms with Crippen molar-refractivity contribution in [2.75, 3.05) is 26.2 Å². The molecule has 0 bridgehead atoms. The number of hydroxylamine groups is 1. The van der Waals surface area contributed by atoms with Crippen LogP contribution >= 0.6 is 0 Å². The summed E-state index contributed by atoms with van der Waals surface area (Å²) in [6.07, 6.45) is 5.89. The van der Waals surface area contributed by atoms with E-state index in [1.54, 1.807) is 12.1 Å². The summed E-state index contributed by atoms with van der Waals surface area (Å²) in [7, 11) is -6.05. The lowest BCUT2D eigenvalue weighted by Gasteiger charge is -2.39. The molecule has 0 aliphatic rings. The van der Waals surface area contributed by atoms with Gasteiger partial charge >= 0.3 is 0 Å². The minimum absolute atomic E-state index is 0.0921. The van der Waals surface area contributed by atoms with Gasteiger partial charge in [-0.1, -0.05) is 62.4 Å². The molecule has 0 atom stereocenters. The molecule has 0 spiro atoms. The van der Waals surface area contributed by atoms with E-state index < -0.39 is 18.3 Å². The molecule has 0 aromatic heterocycles. The predicted molar refractivity (Wildman–Crippen MR) is 134 cm³/mol. The van der Waals surface area contributed by atoms with E-state index in [1.165, 1.54) is 4.47 Å². The van der Waals surface area contributed by atoms with Gasteiger partial charge in [0.15, 0.2) is 0 Å². The Morgan fingerprint density at radius 3 is 2.13 bits per heavy atom. The van der Waals surface area contributed by atoms with E-state index in [-0.39, 0.29) is 9.93 Å². The van der Waals surface area contributed by atoms with Crippen molar-refractivity contribution in [1.29, 1.82) is 0 Å². The number of sulfonamides is 1. The van der Waals surface area contributed by atoms with Crippen LogP contribution < -0.4 is 0 Å². The maximum Gasteiger partial charge on any atom is 0.264 e. The monoisotopic (exact) mass is 468 g/mol. The van der Waals surface area contributed by atoms with Crippen molar-refractivity contribution in [3.63, 3.8) is 0 Å². The molecule has 0 unspecified atom stereocenters. The quantitative estimate of drug-likeness (QED) is 0.191. The van der Waals surface area contributed by atoms with E-state index in [0.29, 0.717) is 6.54 Å². The van der Waals surface area contributed by atoms with Crippen LogP contribution in [-0.2, 0) is 14.6 Å². The molecule has 0 saturated carbocycles. The smallest absolute Gasteiger partial charge is 0.264 e. The number of benzene rings is 1. The van der Waals surface area contributed by atoms with Crippen LogP contribution in [-0.4, -0.2) is 52.3 Å². The van der Waals surface area contributed by atoms with Crippen molar-refractivity contribution >= 4 is 18.3 Å². The van der Waals surface area contributed by atoms with E-state index in [0.717, 1.165) is 50.9 Å². The van der Waals surface area contributed by atoms with Crippen LogP contribution in [0.15, 0.2) is 41.8 Å². The van der Waals surface area contributed by atoms with Crippen LogP contribution in [0.1, 0.15) is 58.9 Å². The van der Waals surface area contributed by atoms with Gasteiger partial charge in [-0.3, -0.25) is 0 Å². The van der Waals surface area contributed by atoms with Gasteiger partial charge < -0.3 is 9.43 Å². The van der Waals surface area contributed by atoms with Crippen molar-refractivity contribution in [1.82, 2.24) is 9.37 Å². The Morgan fingerprint density at radius 1 is 1.03 bits per heavy atom. The standard InChI is InChI=1S/C24H44N2O3SSi/c1-9-11-18-25(19-12-10-2)20-13-21-26(29-31(7,8)24(4,5)6)30(27,28)23-16-14-22(3)15-17-23/h9,14-17H,1,10-13,18-21H2,2-8H3. The molecule has 0 heterocycles. The molecule has 0 aliphatic heterocycles. The molecule has 0 aliphatic carbocycles. The van der Waals surface area contributed by atoms with Crippen molar-refractivity contribution in [3.8, 4) is 0 Å². The fourth-order valence-corrected chi connectivity index (χ4v) is 5.76. The Balaban J connectivity index is 3.04. The van der Waals surface area contributed by atoms with Gasteiger partial charge in [0.1, 0.15) is 0 Å². The van der Waals surface area contributed by atoms with Crippen molar-refractivity contribution < 1.29 is 12.9 Å². The van der Waals surface area contributed by atoms with E-state index in [4.69, 9.17) is 4.53 Å². The third-order valence-corrected chi connectivity index (χ3v) is 12.1. The van der Waals surface area contributed by atoms with E-state index in [2.05, 4.69) is 52.3 Å². The molecular formula is C24H44N2O3SSi. The SMILES string of the molecule is C=CCCN(CCCC)CCCN(O[Si](C)(C)C(C)(C)C)S(=O)(=O)c1ccc(C)cc1. The van der Waals surface area contributed by atoms with Crippen molar-refractivity contribution in [2.24, 2.45) is 0 Å². The molecule has 31 heavy (non-hydrogen) atoms. The highest BCUT2D eigenvalue weighted by molar-refractivity contribution is 7.89. The Labute approximate surface area is 192 Å². The molecule has 7 heteroatoms. The van der Waals surface area contributed by atoms with E-state index in [9.17, 15) is 8.42 Å². The molecule has 0 N–H and O–H groups in total. The van der Waals surface area contributed by atoms with Gasteiger partial charge in [0.2, 0.25) is 8.32 Å². The Hall–Kier alpha value is -0.993. The van der Waals surface area contributed by atoms with Crippen LogP contribution in [0.3, 0.4) is 0 Å². The van der Waals surface area contributed by atoms with E-state index >= 15 is 0 Å². The number of nitrogens with zero attached hydrogens (tertiary/aromatic N) is 2. The zero-order chi connectivity index (χ0) is 23.7. The van der Waals surface area contributed by atoms with Crippen LogP contribution in [0.5, 0.6) is 0 Å². The highest BCUT2D eigenvalue weighted by Crippen LogP contribution is 2.38. The summed E-state index contributed by atoms with van der Waals surface area (Å²) in [5.41, 5.74) is 1.03. The fraction of sp³-hybridized carbons (Fsp3) is 0.667. The zero-order valence-electron chi connectivity index (χ0n) is 20.8. The fourth-order valence-electron chi connectivity index (χ4n) is 2.85. The summed E-state index contributed by atoms with van der Waals surface area (Å²) < 4.78 is 34.6. The summed E-state index contributed by atoms with van der Waals surface area (Å²) in [6.45, 7) is 21.7. The Morgan fingerprint density at radius 2 is 1.61 bits per heavy atom. The van der Waals surface area contributed by atoms with Crippen LogP contribution in [0.2, 0.25) is 18.1 Å². The van der Waals surface area contributed by atoms with Crippen LogP contribution in [0, 0.1) is 6.92 Å². The van der Waals surface area contributed by atoms with Gasteiger partial charge in [-0.05, 0) is 69.5 Å². The largest absolute Gasteiger partial charge is 0.329 e. The summed E-state index contributed by atoms with van der Waals surface area (Å²) in [5.74, 6) is 0. The summed E-state index contributed by atoms with van der Waals surface area (Å²) in [5, 5.41) is -0.0921. The average molecular weight is 469 g/mol. The minimum atomic E-state index is -3.73. The Bertz CT molecular complexity index is 771. The molecule has 1 aromatic rings. The highest BCUT2D eigenvalue weighted by atomic mass is 32.2. The molecule has 5 nitrogen and oxygen atoms in total. The Kier molecular flexibility index (Phi) is 11.1. The van der Waals surface area contributed by atoms with E-state index in [1.807, 2.05) is 25.1 Å². The molecule has 0 radical (unpaired) electrons. The lowest BCUT2D eigenvalue weighted by atomic mass is 10.2. The topological polar surface area (TPSA) is 49.9 Å². The molecule has 0 amide bonds. The first-order valence-corrected chi connectivity index (χ1v) is 15.8. The van der Waals surface area contributed by atoms with Gasteiger partial charge in [-0.25, -0.2) is 8.42 Å². The van der Waals surface area contributed by atoms with Gasteiger partial charge in [-0.15, -0.1) is 6.58 Å². The number of hydrogen-bond acceptors (Lipinski definition) is 4. The first kappa shape index (κ1) is 28.0. The second kappa shape index (κ2) is 12.3. The first-order valence-electron chi connectivity index (χ1n) is 11.5. The second-order valence-corrected chi connectivity index (χ2v) is 16.4. The van der Waals surface area contributed by atoms with Gasteiger partial charge in [0.25, 0.3) is 10.0 Å². The maximum absolute atomic E-state index is 13.5. The van der Waals surface area contributed by atoms with Crippen molar-refractivity contribution in [3.05, 3.63) is 42.5 Å². The van der Waals surface area contributed by atoms with Crippen LogP contribution in [0.25, 0.3) is 0 Å². The normalized spacial score (nSPS) is 13.2. The predicted octanol–water partition coefficient (Wildman–Crippen LogP) is 5.99. The number of aryl methyl sites for hydroxylation is 1. The third-order valence-electron chi connectivity index (χ3n) is 6.02. The number of unbranched alkanes of at least 4 members (excludes halogenated alkanes) is 1. The molecule has 1 aromatic carbocycles. The molecule has 0 saturated heterocycles. The molecule has 1 rings (SSSR count). The summed E-state index contributed by atoms with van der Waals surface area (Å²) in [4.78, 5) is 2.68.